The van der Waals surface area contributed by atoms with E-state index in [1.807, 2.05) is 18.2 Å². The van der Waals surface area contributed by atoms with Gasteiger partial charge in [-0.2, -0.15) is 0 Å². The monoisotopic (exact) mass is 212 g/mol. The lowest BCUT2D eigenvalue weighted by molar-refractivity contribution is 0.514. The summed E-state index contributed by atoms with van der Waals surface area (Å²) in [6, 6.07) is 14.5. The first-order valence-corrected chi connectivity index (χ1v) is 5.92. The van der Waals surface area contributed by atoms with E-state index in [0.717, 1.165) is 28.9 Å². The third-order valence-corrected chi connectivity index (χ3v) is 3.83. The van der Waals surface area contributed by atoms with E-state index < -0.39 is 0 Å². The fraction of sp³-hybridized carbons (Fsp3) is 0.333. The van der Waals surface area contributed by atoms with Crippen LogP contribution in [0.25, 0.3) is 11.3 Å². The van der Waals surface area contributed by atoms with Gasteiger partial charge in [0.15, 0.2) is 0 Å². The maximum Gasteiger partial charge on any atom is 0.134 e. The van der Waals surface area contributed by atoms with Crippen molar-refractivity contribution in [2.45, 2.75) is 19.8 Å². The Kier molecular flexibility index (Phi) is 2.13. The Hall–Kier alpha value is -1.50. The van der Waals surface area contributed by atoms with E-state index in [1.54, 1.807) is 0 Å². The van der Waals surface area contributed by atoms with E-state index in [1.165, 1.54) is 0 Å². The van der Waals surface area contributed by atoms with Crippen molar-refractivity contribution >= 4 is 0 Å². The van der Waals surface area contributed by atoms with Crippen molar-refractivity contribution in [2.75, 3.05) is 0 Å². The van der Waals surface area contributed by atoms with Crippen LogP contribution in [0.3, 0.4) is 0 Å². The average molecular weight is 212 g/mol. The Bertz CT molecular complexity index is 475. The van der Waals surface area contributed by atoms with Gasteiger partial charge >= 0.3 is 0 Å². The molecule has 1 heterocycles. The Morgan fingerprint density at radius 2 is 1.56 bits per heavy atom. The molecule has 0 N–H and O–H groups in total. The third-order valence-electron chi connectivity index (χ3n) is 3.83. The summed E-state index contributed by atoms with van der Waals surface area (Å²) in [6.07, 6.45) is 0. The molecule has 0 aliphatic heterocycles. The molecule has 1 aliphatic rings. The Balaban J connectivity index is 1.89. The van der Waals surface area contributed by atoms with Gasteiger partial charge in [0.25, 0.3) is 0 Å². The SMILES string of the molecule is C[C@@H]1C(c2ccc(-c3ccccc3)o2)[C@H]1C. The molecular weight excluding hydrogens is 196 g/mol. The number of benzene rings is 1. The molecule has 0 amide bonds. The molecule has 1 saturated carbocycles. The Morgan fingerprint density at radius 1 is 0.875 bits per heavy atom. The van der Waals surface area contributed by atoms with Crippen molar-refractivity contribution in [3.63, 3.8) is 0 Å². The van der Waals surface area contributed by atoms with Crippen LogP contribution in [0.5, 0.6) is 0 Å². The normalized spacial score (nSPS) is 28.0. The van der Waals surface area contributed by atoms with Gasteiger partial charge in [-0.15, -0.1) is 0 Å². The highest BCUT2D eigenvalue weighted by molar-refractivity contribution is 5.57. The first-order valence-electron chi connectivity index (χ1n) is 5.92. The first kappa shape index (κ1) is 9.71. The van der Waals surface area contributed by atoms with E-state index in [0.29, 0.717) is 5.92 Å². The zero-order valence-corrected chi connectivity index (χ0v) is 9.68. The summed E-state index contributed by atoms with van der Waals surface area (Å²) in [5.74, 6) is 4.32. The third kappa shape index (κ3) is 1.47. The molecule has 0 radical (unpaired) electrons. The van der Waals surface area contributed by atoms with Crippen LogP contribution in [0, 0.1) is 11.8 Å². The van der Waals surface area contributed by atoms with E-state index in [-0.39, 0.29) is 0 Å². The number of furan rings is 1. The van der Waals surface area contributed by atoms with Crippen LogP contribution in [0.4, 0.5) is 0 Å². The molecule has 1 fully saturated rings. The molecule has 1 aromatic carbocycles. The molecule has 1 heteroatoms. The summed E-state index contributed by atoms with van der Waals surface area (Å²) in [4.78, 5) is 0. The lowest BCUT2D eigenvalue weighted by atomic mass is 10.2. The fourth-order valence-corrected chi connectivity index (χ4v) is 2.47. The second-order valence-electron chi connectivity index (χ2n) is 4.81. The van der Waals surface area contributed by atoms with Crippen LogP contribution in [0.2, 0.25) is 0 Å². The van der Waals surface area contributed by atoms with Crippen molar-refractivity contribution < 1.29 is 4.42 Å². The lowest BCUT2D eigenvalue weighted by Crippen LogP contribution is -1.75. The molecule has 16 heavy (non-hydrogen) atoms. The van der Waals surface area contributed by atoms with Crippen LogP contribution in [0.1, 0.15) is 25.5 Å². The van der Waals surface area contributed by atoms with Gasteiger partial charge in [0.2, 0.25) is 0 Å². The smallest absolute Gasteiger partial charge is 0.134 e. The van der Waals surface area contributed by atoms with Gasteiger partial charge in [-0.1, -0.05) is 44.2 Å². The second-order valence-corrected chi connectivity index (χ2v) is 4.81. The maximum atomic E-state index is 5.93. The quantitative estimate of drug-likeness (QED) is 0.722. The van der Waals surface area contributed by atoms with Gasteiger partial charge in [-0.25, -0.2) is 0 Å². The largest absolute Gasteiger partial charge is 0.461 e. The van der Waals surface area contributed by atoms with Gasteiger partial charge < -0.3 is 4.42 Å². The molecule has 0 unspecified atom stereocenters. The van der Waals surface area contributed by atoms with Crippen LogP contribution >= 0.6 is 0 Å². The predicted octanol–water partition coefficient (Wildman–Crippen LogP) is 4.32. The second kappa shape index (κ2) is 3.51. The molecule has 0 saturated heterocycles. The van der Waals surface area contributed by atoms with Crippen molar-refractivity contribution in [1.82, 2.24) is 0 Å². The topological polar surface area (TPSA) is 13.1 Å². The molecule has 2 atom stereocenters. The highest BCUT2D eigenvalue weighted by Crippen LogP contribution is 2.53. The van der Waals surface area contributed by atoms with Gasteiger partial charge in [0, 0.05) is 11.5 Å². The van der Waals surface area contributed by atoms with Crippen molar-refractivity contribution in [3.05, 3.63) is 48.2 Å². The van der Waals surface area contributed by atoms with Crippen molar-refractivity contribution in [2.24, 2.45) is 11.8 Å². The summed E-state index contributed by atoms with van der Waals surface area (Å²) >= 11 is 0. The summed E-state index contributed by atoms with van der Waals surface area (Å²) in [5.41, 5.74) is 1.16. The molecular formula is C15H16O. The summed E-state index contributed by atoms with van der Waals surface area (Å²) in [5, 5.41) is 0. The zero-order valence-electron chi connectivity index (χ0n) is 9.68. The minimum Gasteiger partial charge on any atom is -0.461 e. The molecule has 0 bridgehead atoms. The van der Waals surface area contributed by atoms with Gasteiger partial charge in [-0.3, -0.25) is 0 Å². The average Bonchev–Trinajstić information content (AvgIpc) is 2.77. The van der Waals surface area contributed by atoms with Crippen LogP contribution in [-0.2, 0) is 0 Å². The zero-order chi connectivity index (χ0) is 11.1. The summed E-state index contributed by atoms with van der Waals surface area (Å²) in [6.45, 7) is 4.58. The first-order chi connectivity index (χ1) is 7.77. The number of hydrogen-bond acceptors (Lipinski definition) is 1. The minimum atomic E-state index is 0.637. The molecule has 3 rings (SSSR count). The van der Waals surface area contributed by atoms with E-state index in [9.17, 15) is 0 Å². The maximum absolute atomic E-state index is 5.93. The van der Waals surface area contributed by atoms with Gasteiger partial charge in [0.1, 0.15) is 11.5 Å². The molecule has 2 aromatic rings. The minimum absolute atomic E-state index is 0.637. The van der Waals surface area contributed by atoms with Crippen LogP contribution < -0.4 is 0 Å². The molecule has 1 aliphatic carbocycles. The number of hydrogen-bond donors (Lipinski definition) is 0. The summed E-state index contributed by atoms with van der Waals surface area (Å²) < 4.78 is 5.93. The fourth-order valence-electron chi connectivity index (χ4n) is 2.47. The van der Waals surface area contributed by atoms with Crippen LogP contribution in [0.15, 0.2) is 46.9 Å². The van der Waals surface area contributed by atoms with Crippen molar-refractivity contribution in [1.29, 1.82) is 0 Å². The van der Waals surface area contributed by atoms with Crippen LogP contribution in [-0.4, -0.2) is 0 Å². The Morgan fingerprint density at radius 3 is 2.19 bits per heavy atom. The molecule has 82 valence electrons. The molecule has 1 nitrogen and oxygen atoms in total. The molecule has 0 spiro atoms. The van der Waals surface area contributed by atoms with Crippen molar-refractivity contribution in [3.8, 4) is 11.3 Å². The summed E-state index contributed by atoms with van der Waals surface area (Å²) in [7, 11) is 0. The van der Waals surface area contributed by atoms with E-state index >= 15 is 0 Å². The predicted molar refractivity (Wildman–Crippen MR) is 65.2 cm³/mol. The number of rotatable bonds is 2. The highest BCUT2D eigenvalue weighted by Gasteiger charge is 2.45. The standard InChI is InChI=1S/C15H16O/c1-10-11(2)15(10)14-9-8-13(16-14)12-6-4-3-5-7-12/h3-11,15H,1-2H3/t10-,11-/m0/s1. The highest BCUT2D eigenvalue weighted by atomic mass is 16.3. The van der Waals surface area contributed by atoms with Gasteiger partial charge in [0.05, 0.1) is 0 Å². The molecule has 1 aromatic heterocycles. The van der Waals surface area contributed by atoms with Gasteiger partial charge in [-0.05, 0) is 24.0 Å². The Labute approximate surface area is 96.1 Å². The lowest BCUT2D eigenvalue weighted by Gasteiger charge is -1.96. The van der Waals surface area contributed by atoms with E-state index in [2.05, 4.69) is 38.1 Å². The van der Waals surface area contributed by atoms with E-state index in [4.69, 9.17) is 4.42 Å².